The lowest BCUT2D eigenvalue weighted by atomic mass is 10.0. The molecule has 0 amide bonds. The molecule has 0 aliphatic carbocycles. The van der Waals surface area contributed by atoms with Gasteiger partial charge in [-0.3, -0.25) is 0 Å². The summed E-state index contributed by atoms with van der Waals surface area (Å²) in [6, 6.07) is 7.82. The summed E-state index contributed by atoms with van der Waals surface area (Å²) >= 11 is 0. The first-order chi connectivity index (χ1) is 13.3. The maximum atomic E-state index is 13.2. The van der Waals surface area contributed by atoms with Gasteiger partial charge in [-0.1, -0.05) is 12.1 Å². The van der Waals surface area contributed by atoms with Gasteiger partial charge >= 0.3 is 6.18 Å². The Bertz CT molecular complexity index is 1100. The second-order valence-electron chi connectivity index (χ2n) is 6.36. The van der Waals surface area contributed by atoms with Crippen LogP contribution in [0.2, 0.25) is 0 Å². The Morgan fingerprint density at radius 3 is 2.39 bits per heavy atom. The molecule has 3 aromatic rings. The predicted octanol–water partition coefficient (Wildman–Crippen LogP) is 3.27. The van der Waals surface area contributed by atoms with Crippen LogP contribution >= 0.6 is 0 Å². The van der Waals surface area contributed by atoms with Crippen LogP contribution in [0.25, 0.3) is 22.2 Å². The monoisotopic (exact) mass is 411 g/mol. The molecule has 4 rings (SSSR count). The van der Waals surface area contributed by atoms with Crippen LogP contribution in [0.3, 0.4) is 0 Å². The van der Waals surface area contributed by atoms with Crippen LogP contribution in [-0.2, 0) is 20.9 Å². The van der Waals surface area contributed by atoms with E-state index in [-0.39, 0.29) is 29.1 Å². The standard InChI is InChI=1S/C18H16F3N3O3S/c19-18(20,21)13-9-15(17-16(10-13)22-11-23-17)12-1-3-14(4-2-12)28(25,26)24-5-7-27-8-6-24/h1-4,9-11H,5-8H2,(H,22,23). The third-order valence-electron chi connectivity index (χ3n) is 4.62. The van der Waals surface area contributed by atoms with Crippen molar-refractivity contribution in [2.45, 2.75) is 11.1 Å². The van der Waals surface area contributed by atoms with Crippen molar-refractivity contribution in [3.63, 3.8) is 0 Å². The number of fused-ring (bicyclic) bond motifs is 1. The van der Waals surface area contributed by atoms with Crippen LogP contribution in [0.5, 0.6) is 0 Å². The fourth-order valence-corrected chi connectivity index (χ4v) is 4.58. The van der Waals surface area contributed by atoms with Crippen molar-refractivity contribution in [2.24, 2.45) is 0 Å². The van der Waals surface area contributed by atoms with Gasteiger partial charge in [0.05, 0.1) is 41.0 Å². The summed E-state index contributed by atoms with van der Waals surface area (Å²) in [6.07, 6.45) is -3.18. The molecule has 0 radical (unpaired) electrons. The van der Waals surface area contributed by atoms with Gasteiger partial charge in [-0.2, -0.15) is 17.5 Å². The summed E-state index contributed by atoms with van der Waals surface area (Å²) < 4.78 is 71.5. The number of ether oxygens (including phenoxy) is 1. The van der Waals surface area contributed by atoms with E-state index in [0.29, 0.717) is 24.3 Å². The quantitative estimate of drug-likeness (QED) is 0.718. The number of alkyl halides is 3. The minimum Gasteiger partial charge on any atom is -0.379 e. The molecular formula is C18H16F3N3O3S. The van der Waals surface area contributed by atoms with E-state index in [2.05, 4.69) is 9.97 Å². The molecule has 1 aliphatic heterocycles. The molecule has 0 atom stereocenters. The number of nitrogens with zero attached hydrogens (tertiary/aromatic N) is 2. The molecule has 0 bridgehead atoms. The molecule has 0 spiro atoms. The van der Waals surface area contributed by atoms with E-state index in [1.54, 1.807) is 0 Å². The molecule has 0 unspecified atom stereocenters. The highest BCUT2D eigenvalue weighted by atomic mass is 32.2. The summed E-state index contributed by atoms with van der Waals surface area (Å²) in [5, 5.41) is 0. The van der Waals surface area contributed by atoms with Crippen molar-refractivity contribution in [1.82, 2.24) is 14.3 Å². The number of H-pyrrole nitrogens is 1. The van der Waals surface area contributed by atoms with Gasteiger partial charge in [0.25, 0.3) is 0 Å². The van der Waals surface area contributed by atoms with E-state index in [0.717, 1.165) is 12.1 Å². The predicted molar refractivity (Wildman–Crippen MR) is 96.1 cm³/mol. The van der Waals surface area contributed by atoms with Gasteiger partial charge in [-0.15, -0.1) is 0 Å². The number of hydrogen-bond donors (Lipinski definition) is 1. The largest absolute Gasteiger partial charge is 0.416 e. The number of aromatic amines is 1. The van der Waals surface area contributed by atoms with E-state index < -0.39 is 21.8 Å². The summed E-state index contributed by atoms with van der Waals surface area (Å²) in [6.45, 7) is 1.20. The van der Waals surface area contributed by atoms with Crippen LogP contribution in [0, 0.1) is 0 Å². The number of morpholine rings is 1. The number of sulfonamides is 1. The normalized spacial score (nSPS) is 16.5. The lowest BCUT2D eigenvalue weighted by molar-refractivity contribution is -0.137. The Morgan fingerprint density at radius 1 is 1.07 bits per heavy atom. The average molecular weight is 411 g/mol. The molecule has 28 heavy (non-hydrogen) atoms. The van der Waals surface area contributed by atoms with Crippen LogP contribution in [0.1, 0.15) is 5.56 Å². The minimum absolute atomic E-state index is 0.0865. The molecule has 0 saturated carbocycles. The molecule has 148 valence electrons. The zero-order valence-corrected chi connectivity index (χ0v) is 15.3. The number of nitrogens with one attached hydrogen (secondary N) is 1. The number of benzene rings is 2. The third-order valence-corrected chi connectivity index (χ3v) is 6.54. The summed E-state index contributed by atoms with van der Waals surface area (Å²) in [5.41, 5.74) is 0.571. The molecule has 2 aromatic carbocycles. The maximum absolute atomic E-state index is 13.2. The molecule has 10 heteroatoms. The first-order valence-corrected chi connectivity index (χ1v) is 9.93. The highest BCUT2D eigenvalue weighted by molar-refractivity contribution is 7.89. The molecule has 1 fully saturated rings. The van der Waals surface area contributed by atoms with E-state index in [9.17, 15) is 21.6 Å². The Hall–Kier alpha value is -2.43. The molecule has 1 aliphatic rings. The topological polar surface area (TPSA) is 75.3 Å². The van der Waals surface area contributed by atoms with E-state index in [4.69, 9.17) is 4.74 Å². The van der Waals surface area contributed by atoms with Crippen LogP contribution in [0.4, 0.5) is 13.2 Å². The Balaban J connectivity index is 1.74. The SMILES string of the molecule is O=S(=O)(c1ccc(-c2cc(C(F)(F)F)cc3[nH]cnc23)cc1)N1CCOCC1. The minimum atomic E-state index is -4.51. The second-order valence-corrected chi connectivity index (χ2v) is 8.30. The first kappa shape index (κ1) is 18.9. The van der Waals surface area contributed by atoms with Gasteiger partial charge in [0.2, 0.25) is 10.0 Å². The zero-order valence-electron chi connectivity index (χ0n) is 14.5. The fourth-order valence-electron chi connectivity index (χ4n) is 3.18. The van der Waals surface area contributed by atoms with Crippen molar-refractivity contribution < 1.29 is 26.3 Å². The number of halogens is 3. The van der Waals surface area contributed by atoms with Crippen LogP contribution in [-0.4, -0.2) is 49.0 Å². The van der Waals surface area contributed by atoms with E-state index in [1.807, 2.05) is 0 Å². The highest BCUT2D eigenvalue weighted by Gasteiger charge is 2.32. The molecular weight excluding hydrogens is 395 g/mol. The van der Waals surface area contributed by atoms with Gasteiger partial charge in [0.1, 0.15) is 0 Å². The Morgan fingerprint density at radius 2 is 1.75 bits per heavy atom. The maximum Gasteiger partial charge on any atom is 0.416 e. The zero-order chi connectivity index (χ0) is 19.9. The lowest BCUT2D eigenvalue weighted by Crippen LogP contribution is -2.40. The number of rotatable bonds is 3. The summed E-state index contributed by atoms with van der Waals surface area (Å²) in [7, 11) is -3.67. The van der Waals surface area contributed by atoms with Crippen molar-refractivity contribution >= 4 is 21.1 Å². The number of hydrogen-bond acceptors (Lipinski definition) is 4. The van der Waals surface area contributed by atoms with Crippen molar-refractivity contribution in [1.29, 1.82) is 0 Å². The van der Waals surface area contributed by atoms with Gasteiger partial charge in [-0.05, 0) is 29.8 Å². The van der Waals surface area contributed by atoms with E-state index in [1.165, 1.54) is 34.9 Å². The van der Waals surface area contributed by atoms with Crippen LogP contribution < -0.4 is 0 Å². The average Bonchev–Trinajstić information content (AvgIpc) is 3.16. The molecule has 1 aromatic heterocycles. The highest BCUT2D eigenvalue weighted by Crippen LogP contribution is 2.36. The second kappa shape index (κ2) is 6.87. The van der Waals surface area contributed by atoms with Gasteiger partial charge in [0, 0.05) is 18.7 Å². The van der Waals surface area contributed by atoms with Crippen molar-refractivity contribution in [3.8, 4) is 11.1 Å². The molecule has 1 N–H and O–H groups in total. The summed E-state index contributed by atoms with van der Waals surface area (Å²) in [4.78, 5) is 6.88. The first-order valence-electron chi connectivity index (χ1n) is 8.49. The molecule has 6 nitrogen and oxygen atoms in total. The van der Waals surface area contributed by atoms with Gasteiger partial charge in [0.15, 0.2) is 0 Å². The number of aromatic nitrogens is 2. The Labute approximate surface area is 159 Å². The smallest absolute Gasteiger partial charge is 0.379 e. The van der Waals surface area contributed by atoms with Crippen molar-refractivity contribution in [2.75, 3.05) is 26.3 Å². The lowest BCUT2D eigenvalue weighted by Gasteiger charge is -2.26. The van der Waals surface area contributed by atoms with Crippen LogP contribution in [0.15, 0.2) is 47.6 Å². The van der Waals surface area contributed by atoms with Gasteiger partial charge in [-0.25, -0.2) is 13.4 Å². The third kappa shape index (κ3) is 3.38. The van der Waals surface area contributed by atoms with E-state index >= 15 is 0 Å². The van der Waals surface area contributed by atoms with Crippen molar-refractivity contribution in [3.05, 3.63) is 48.3 Å². The Kier molecular flexibility index (Phi) is 4.64. The molecule has 1 saturated heterocycles. The fraction of sp³-hybridized carbons (Fsp3) is 0.278. The van der Waals surface area contributed by atoms with Gasteiger partial charge < -0.3 is 9.72 Å². The molecule has 2 heterocycles. The number of imidazole rings is 1. The summed E-state index contributed by atoms with van der Waals surface area (Å²) in [5.74, 6) is 0.